The maximum atomic E-state index is 10.0. The molecule has 0 bridgehead atoms. The van der Waals surface area contributed by atoms with E-state index in [1.807, 2.05) is 0 Å². The molecule has 0 amide bonds. The molecular formula is C14H21NO. The highest BCUT2D eigenvalue weighted by Gasteiger charge is 2.13. The van der Waals surface area contributed by atoms with Crippen molar-refractivity contribution in [3.05, 3.63) is 34.9 Å². The maximum Gasteiger partial charge on any atom is 0.0914 e. The molecule has 0 fully saturated rings. The van der Waals surface area contributed by atoms with Crippen molar-refractivity contribution in [1.82, 2.24) is 5.32 Å². The van der Waals surface area contributed by atoms with Crippen molar-refractivity contribution in [2.24, 2.45) is 0 Å². The summed E-state index contributed by atoms with van der Waals surface area (Å²) in [5, 5.41) is 13.3. The first-order chi connectivity index (χ1) is 7.81. The summed E-state index contributed by atoms with van der Waals surface area (Å²) in [6, 6.07) is 6.43. The van der Waals surface area contributed by atoms with E-state index in [0.717, 1.165) is 18.5 Å². The molecule has 1 aromatic carbocycles. The van der Waals surface area contributed by atoms with Gasteiger partial charge in [-0.25, -0.2) is 0 Å². The zero-order valence-electron chi connectivity index (χ0n) is 10.00. The summed E-state index contributed by atoms with van der Waals surface area (Å²) in [5.41, 5.74) is 3.97. The van der Waals surface area contributed by atoms with Crippen LogP contribution in [0.15, 0.2) is 18.2 Å². The Morgan fingerprint density at radius 3 is 2.94 bits per heavy atom. The molecule has 1 unspecified atom stereocenters. The molecule has 0 radical (unpaired) electrons. The highest BCUT2D eigenvalue weighted by atomic mass is 16.3. The maximum absolute atomic E-state index is 10.0. The quantitative estimate of drug-likeness (QED) is 0.744. The minimum atomic E-state index is -0.363. The fraction of sp³-hybridized carbons (Fsp3) is 0.571. The van der Waals surface area contributed by atoms with Gasteiger partial charge in [-0.3, -0.25) is 0 Å². The molecule has 1 atom stereocenters. The van der Waals surface area contributed by atoms with E-state index in [9.17, 15) is 5.11 Å². The van der Waals surface area contributed by atoms with Crippen molar-refractivity contribution in [3.8, 4) is 0 Å². The Morgan fingerprint density at radius 2 is 2.12 bits per heavy atom. The van der Waals surface area contributed by atoms with Crippen LogP contribution >= 0.6 is 0 Å². The Labute approximate surface area is 97.7 Å². The number of rotatable bonds is 5. The van der Waals surface area contributed by atoms with Crippen LogP contribution in [0, 0.1) is 0 Å². The van der Waals surface area contributed by atoms with Crippen LogP contribution in [0.2, 0.25) is 0 Å². The fourth-order valence-corrected chi connectivity index (χ4v) is 2.33. The number of hydrogen-bond acceptors (Lipinski definition) is 2. The Morgan fingerprint density at radius 1 is 1.31 bits per heavy atom. The molecule has 2 N–H and O–H groups in total. The first kappa shape index (κ1) is 11.6. The third kappa shape index (κ3) is 2.63. The molecule has 1 aliphatic rings. The molecule has 1 aliphatic carbocycles. The van der Waals surface area contributed by atoms with Gasteiger partial charge in [0.25, 0.3) is 0 Å². The smallest absolute Gasteiger partial charge is 0.0914 e. The molecule has 2 rings (SSSR count). The van der Waals surface area contributed by atoms with Crippen LogP contribution in [0.5, 0.6) is 0 Å². The van der Waals surface area contributed by atoms with E-state index < -0.39 is 0 Å². The SMILES string of the molecule is CCCNCC(O)c1ccc2c(c1)CCC2. The zero-order chi connectivity index (χ0) is 11.4. The molecule has 1 aromatic rings. The average Bonchev–Trinajstić information content (AvgIpc) is 2.76. The van der Waals surface area contributed by atoms with E-state index in [1.165, 1.54) is 30.4 Å². The molecule has 2 heteroatoms. The lowest BCUT2D eigenvalue weighted by Gasteiger charge is -2.13. The molecule has 0 saturated carbocycles. The third-order valence-corrected chi connectivity index (χ3v) is 3.27. The standard InChI is InChI=1S/C14H21NO/c1-2-8-15-10-14(16)13-7-6-11-4-3-5-12(11)9-13/h6-7,9,14-16H,2-5,8,10H2,1H3. The number of aryl methyl sites for hydroxylation is 2. The van der Waals surface area contributed by atoms with Gasteiger partial charge in [0.2, 0.25) is 0 Å². The van der Waals surface area contributed by atoms with Crippen molar-refractivity contribution >= 4 is 0 Å². The second kappa shape index (κ2) is 5.46. The molecule has 88 valence electrons. The lowest BCUT2D eigenvalue weighted by atomic mass is 10.0. The van der Waals surface area contributed by atoms with Crippen LogP contribution in [0.25, 0.3) is 0 Å². The summed E-state index contributed by atoms with van der Waals surface area (Å²) in [5.74, 6) is 0. The normalized spacial score (nSPS) is 16.1. The number of hydrogen-bond donors (Lipinski definition) is 2. The van der Waals surface area contributed by atoms with Crippen LogP contribution in [-0.2, 0) is 12.8 Å². The summed E-state index contributed by atoms with van der Waals surface area (Å²) < 4.78 is 0. The third-order valence-electron chi connectivity index (χ3n) is 3.27. The minimum absolute atomic E-state index is 0.363. The van der Waals surface area contributed by atoms with Gasteiger partial charge in [0.1, 0.15) is 0 Å². The van der Waals surface area contributed by atoms with Gasteiger partial charge in [-0.1, -0.05) is 25.1 Å². The predicted molar refractivity (Wildman–Crippen MR) is 66.6 cm³/mol. The molecule has 0 saturated heterocycles. The number of aliphatic hydroxyl groups excluding tert-OH is 1. The van der Waals surface area contributed by atoms with Gasteiger partial charge in [-0.15, -0.1) is 0 Å². The van der Waals surface area contributed by atoms with Crippen molar-refractivity contribution in [3.63, 3.8) is 0 Å². The van der Waals surface area contributed by atoms with Gasteiger partial charge in [-0.2, -0.15) is 0 Å². The fourth-order valence-electron chi connectivity index (χ4n) is 2.33. The number of fused-ring (bicyclic) bond motifs is 1. The van der Waals surface area contributed by atoms with E-state index in [0.29, 0.717) is 6.54 Å². The van der Waals surface area contributed by atoms with E-state index >= 15 is 0 Å². The van der Waals surface area contributed by atoms with Crippen LogP contribution < -0.4 is 5.32 Å². The largest absolute Gasteiger partial charge is 0.387 e. The molecule has 0 spiro atoms. The summed E-state index contributed by atoms with van der Waals surface area (Å²) in [6.07, 6.45) is 4.40. The number of benzene rings is 1. The van der Waals surface area contributed by atoms with Gasteiger partial charge in [0, 0.05) is 6.54 Å². The van der Waals surface area contributed by atoms with E-state index in [1.54, 1.807) is 0 Å². The number of aliphatic hydroxyl groups is 1. The Hall–Kier alpha value is -0.860. The summed E-state index contributed by atoms with van der Waals surface area (Å²) in [7, 11) is 0. The molecule has 2 nitrogen and oxygen atoms in total. The highest BCUT2D eigenvalue weighted by molar-refractivity contribution is 5.36. The topological polar surface area (TPSA) is 32.3 Å². The van der Waals surface area contributed by atoms with Gasteiger partial charge in [0.15, 0.2) is 0 Å². The lowest BCUT2D eigenvalue weighted by Crippen LogP contribution is -2.22. The molecular weight excluding hydrogens is 198 g/mol. The molecule has 0 aliphatic heterocycles. The van der Waals surface area contributed by atoms with E-state index in [-0.39, 0.29) is 6.10 Å². The van der Waals surface area contributed by atoms with Gasteiger partial charge in [0.05, 0.1) is 6.10 Å². The Bertz CT molecular complexity index is 349. The Balaban J connectivity index is 1.98. The predicted octanol–water partition coefficient (Wildman–Crippen LogP) is 2.21. The Kier molecular flexibility index (Phi) is 3.97. The van der Waals surface area contributed by atoms with E-state index in [2.05, 4.69) is 30.4 Å². The van der Waals surface area contributed by atoms with Crippen molar-refractivity contribution in [2.45, 2.75) is 38.7 Å². The van der Waals surface area contributed by atoms with Crippen LogP contribution in [0.1, 0.15) is 42.6 Å². The van der Waals surface area contributed by atoms with Crippen molar-refractivity contribution in [2.75, 3.05) is 13.1 Å². The summed E-state index contributed by atoms with van der Waals surface area (Å²) in [6.45, 7) is 3.77. The monoisotopic (exact) mass is 219 g/mol. The molecule has 0 heterocycles. The van der Waals surface area contributed by atoms with Gasteiger partial charge < -0.3 is 10.4 Å². The molecule has 0 aromatic heterocycles. The summed E-state index contributed by atoms with van der Waals surface area (Å²) in [4.78, 5) is 0. The zero-order valence-corrected chi connectivity index (χ0v) is 10.00. The average molecular weight is 219 g/mol. The minimum Gasteiger partial charge on any atom is -0.387 e. The summed E-state index contributed by atoms with van der Waals surface area (Å²) >= 11 is 0. The number of nitrogens with one attached hydrogen (secondary N) is 1. The first-order valence-electron chi connectivity index (χ1n) is 6.31. The highest BCUT2D eigenvalue weighted by Crippen LogP contribution is 2.25. The van der Waals surface area contributed by atoms with Gasteiger partial charge >= 0.3 is 0 Å². The van der Waals surface area contributed by atoms with Gasteiger partial charge in [-0.05, 0) is 48.9 Å². The second-order valence-corrected chi connectivity index (χ2v) is 4.60. The lowest BCUT2D eigenvalue weighted by molar-refractivity contribution is 0.175. The van der Waals surface area contributed by atoms with Crippen LogP contribution in [-0.4, -0.2) is 18.2 Å². The second-order valence-electron chi connectivity index (χ2n) is 4.60. The van der Waals surface area contributed by atoms with Crippen LogP contribution in [0.4, 0.5) is 0 Å². The van der Waals surface area contributed by atoms with Crippen molar-refractivity contribution in [1.29, 1.82) is 0 Å². The van der Waals surface area contributed by atoms with Crippen molar-refractivity contribution < 1.29 is 5.11 Å². The first-order valence-corrected chi connectivity index (χ1v) is 6.31. The molecule has 16 heavy (non-hydrogen) atoms. The van der Waals surface area contributed by atoms with Crippen LogP contribution in [0.3, 0.4) is 0 Å². The van der Waals surface area contributed by atoms with E-state index in [4.69, 9.17) is 0 Å².